The Labute approximate surface area is 143 Å². The van der Waals surface area contributed by atoms with Crippen molar-refractivity contribution >= 4 is 11.8 Å². The van der Waals surface area contributed by atoms with E-state index in [4.69, 9.17) is 9.47 Å². The Morgan fingerprint density at radius 2 is 2.16 bits per heavy atom. The first kappa shape index (κ1) is 16.8. The average Bonchev–Trinajstić information content (AvgIpc) is 2.63. The van der Waals surface area contributed by atoms with E-state index in [1.807, 2.05) is 0 Å². The Bertz CT molecular complexity index is 757. The highest BCUT2D eigenvalue weighted by atomic mass is 19.1. The van der Waals surface area contributed by atoms with Crippen LogP contribution in [0.4, 0.5) is 4.39 Å². The van der Waals surface area contributed by atoms with Gasteiger partial charge >= 0.3 is 0 Å². The fourth-order valence-electron chi connectivity index (χ4n) is 2.22. The van der Waals surface area contributed by atoms with Gasteiger partial charge in [-0.3, -0.25) is 9.59 Å². The van der Waals surface area contributed by atoms with Gasteiger partial charge < -0.3 is 20.1 Å². The molecule has 1 aliphatic heterocycles. The molecule has 1 fully saturated rings. The van der Waals surface area contributed by atoms with E-state index in [0.717, 1.165) is 0 Å². The van der Waals surface area contributed by atoms with E-state index < -0.39 is 0 Å². The largest absolute Gasteiger partial charge is 0.438 e. The highest BCUT2D eigenvalue weighted by Gasteiger charge is 2.20. The minimum atomic E-state index is -0.384. The topological polar surface area (TPSA) is 89.5 Å². The highest BCUT2D eigenvalue weighted by Crippen LogP contribution is 2.23. The first-order valence-electron chi connectivity index (χ1n) is 7.67. The van der Waals surface area contributed by atoms with Crippen molar-refractivity contribution in [1.82, 2.24) is 15.6 Å². The van der Waals surface area contributed by atoms with Crippen molar-refractivity contribution in [1.29, 1.82) is 0 Å². The number of carbonyl (C=O) groups is 2. The normalized spacial score (nSPS) is 16.8. The molecule has 7 nitrogen and oxygen atoms in total. The predicted molar refractivity (Wildman–Crippen MR) is 85.8 cm³/mol. The van der Waals surface area contributed by atoms with Crippen molar-refractivity contribution in [3.8, 4) is 11.6 Å². The molecule has 2 amide bonds. The van der Waals surface area contributed by atoms with Gasteiger partial charge in [-0.05, 0) is 36.4 Å². The molecular weight excluding hydrogens is 329 g/mol. The third kappa shape index (κ3) is 4.51. The van der Waals surface area contributed by atoms with Crippen molar-refractivity contribution in [2.75, 3.05) is 19.7 Å². The molecule has 0 bridgehead atoms. The number of ether oxygens (including phenoxy) is 2. The smallest absolute Gasteiger partial charge is 0.256 e. The molecule has 0 spiro atoms. The first-order valence-corrected chi connectivity index (χ1v) is 7.67. The SMILES string of the molecule is O=C1COC(CNC(=O)c2cccnc2Oc2ccc(F)cc2)CN1. The van der Waals surface area contributed by atoms with Crippen LogP contribution in [0.2, 0.25) is 0 Å². The Kier molecular flexibility index (Phi) is 5.20. The van der Waals surface area contributed by atoms with Gasteiger partial charge in [0.05, 0.1) is 6.10 Å². The zero-order valence-electron chi connectivity index (χ0n) is 13.2. The summed E-state index contributed by atoms with van der Waals surface area (Å²) in [6.07, 6.45) is 1.20. The van der Waals surface area contributed by atoms with E-state index in [1.54, 1.807) is 12.1 Å². The van der Waals surface area contributed by atoms with Crippen LogP contribution in [-0.4, -0.2) is 42.6 Å². The fraction of sp³-hybridized carbons (Fsp3) is 0.235. The maximum atomic E-state index is 13.0. The number of hydrogen-bond acceptors (Lipinski definition) is 5. The van der Waals surface area contributed by atoms with Crippen LogP contribution in [0.15, 0.2) is 42.6 Å². The number of nitrogens with one attached hydrogen (secondary N) is 2. The fourth-order valence-corrected chi connectivity index (χ4v) is 2.22. The molecular formula is C17H16FN3O4. The standard InChI is InChI=1S/C17H16FN3O4/c18-11-3-5-12(6-4-11)25-17-14(2-1-7-19-17)16(23)21-9-13-8-20-15(22)10-24-13/h1-7,13H,8-10H2,(H,20,22)(H,21,23). The zero-order valence-corrected chi connectivity index (χ0v) is 13.2. The number of morpholine rings is 1. The Hall–Kier alpha value is -3.00. The molecule has 1 saturated heterocycles. The summed E-state index contributed by atoms with van der Waals surface area (Å²) in [4.78, 5) is 27.5. The first-order chi connectivity index (χ1) is 12.1. The van der Waals surface area contributed by atoms with Crippen LogP contribution < -0.4 is 15.4 Å². The number of hydrogen-bond donors (Lipinski definition) is 2. The molecule has 0 radical (unpaired) electrons. The van der Waals surface area contributed by atoms with Crippen molar-refractivity contribution in [3.05, 3.63) is 54.0 Å². The maximum Gasteiger partial charge on any atom is 0.256 e. The number of carbonyl (C=O) groups excluding carboxylic acids is 2. The van der Waals surface area contributed by atoms with Gasteiger partial charge in [0.2, 0.25) is 11.8 Å². The third-order valence-electron chi connectivity index (χ3n) is 3.51. The summed E-state index contributed by atoms with van der Waals surface area (Å²) in [5.41, 5.74) is 0.242. The number of halogens is 1. The van der Waals surface area contributed by atoms with Crippen LogP contribution in [0.25, 0.3) is 0 Å². The molecule has 1 aromatic heterocycles. The van der Waals surface area contributed by atoms with Crippen LogP contribution in [0, 0.1) is 5.82 Å². The number of aromatic nitrogens is 1. The molecule has 8 heteroatoms. The molecule has 1 atom stereocenters. The zero-order chi connectivity index (χ0) is 17.6. The van der Waals surface area contributed by atoms with E-state index in [9.17, 15) is 14.0 Å². The van der Waals surface area contributed by atoms with Crippen LogP contribution in [0.3, 0.4) is 0 Å². The summed E-state index contributed by atoms with van der Waals surface area (Å²) >= 11 is 0. The van der Waals surface area contributed by atoms with Gasteiger partial charge in [-0.2, -0.15) is 0 Å². The van der Waals surface area contributed by atoms with Gasteiger partial charge in [0.25, 0.3) is 5.91 Å². The van der Waals surface area contributed by atoms with Crippen molar-refractivity contribution < 1.29 is 23.5 Å². The molecule has 2 N–H and O–H groups in total. The van der Waals surface area contributed by atoms with Gasteiger partial charge in [-0.15, -0.1) is 0 Å². The maximum absolute atomic E-state index is 13.0. The number of amides is 2. The van der Waals surface area contributed by atoms with E-state index in [2.05, 4.69) is 15.6 Å². The Balaban J connectivity index is 1.64. The van der Waals surface area contributed by atoms with Crippen molar-refractivity contribution in [3.63, 3.8) is 0 Å². The van der Waals surface area contributed by atoms with E-state index in [1.165, 1.54) is 30.5 Å². The average molecular weight is 345 g/mol. The van der Waals surface area contributed by atoms with Gasteiger partial charge in [-0.25, -0.2) is 9.37 Å². The Morgan fingerprint density at radius 1 is 1.36 bits per heavy atom. The molecule has 0 saturated carbocycles. The van der Waals surface area contributed by atoms with Gasteiger partial charge in [0.1, 0.15) is 23.7 Å². The lowest BCUT2D eigenvalue weighted by Gasteiger charge is -2.23. The molecule has 3 rings (SSSR count). The second-order valence-electron chi connectivity index (χ2n) is 5.36. The van der Waals surface area contributed by atoms with E-state index >= 15 is 0 Å². The number of nitrogens with zero attached hydrogens (tertiary/aromatic N) is 1. The highest BCUT2D eigenvalue weighted by molar-refractivity contribution is 5.96. The molecule has 1 unspecified atom stereocenters. The van der Waals surface area contributed by atoms with E-state index in [-0.39, 0.29) is 48.3 Å². The van der Waals surface area contributed by atoms with Gasteiger partial charge in [-0.1, -0.05) is 0 Å². The summed E-state index contributed by atoms with van der Waals surface area (Å²) in [5, 5.41) is 5.38. The minimum Gasteiger partial charge on any atom is -0.438 e. The second kappa shape index (κ2) is 7.71. The summed E-state index contributed by atoms with van der Waals surface area (Å²) in [6.45, 7) is 0.557. The molecule has 25 heavy (non-hydrogen) atoms. The van der Waals surface area contributed by atoms with Crippen LogP contribution >= 0.6 is 0 Å². The van der Waals surface area contributed by atoms with E-state index in [0.29, 0.717) is 12.3 Å². The lowest BCUT2D eigenvalue weighted by atomic mass is 10.2. The van der Waals surface area contributed by atoms with Crippen LogP contribution in [-0.2, 0) is 9.53 Å². The van der Waals surface area contributed by atoms with Crippen LogP contribution in [0.5, 0.6) is 11.6 Å². The monoisotopic (exact) mass is 345 g/mol. The van der Waals surface area contributed by atoms with Gasteiger partial charge in [0, 0.05) is 19.3 Å². The molecule has 1 aliphatic rings. The molecule has 130 valence electrons. The Morgan fingerprint density at radius 3 is 2.88 bits per heavy atom. The van der Waals surface area contributed by atoms with Crippen molar-refractivity contribution in [2.24, 2.45) is 0 Å². The predicted octanol–water partition coefficient (Wildman–Crippen LogP) is 1.26. The number of pyridine rings is 1. The summed E-state index contributed by atoms with van der Waals surface area (Å²) < 4.78 is 23.8. The second-order valence-corrected chi connectivity index (χ2v) is 5.36. The summed E-state index contributed by atoms with van der Waals surface area (Å²) in [7, 11) is 0. The summed E-state index contributed by atoms with van der Waals surface area (Å²) in [5.74, 6) is -0.460. The molecule has 1 aromatic carbocycles. The number of benzene rings is 1. The lowest BCUT2D eigenvalue weighted by molar-refractivity contribution is -0.132. The van der Waals surface area contributed by atoms with Crippen LogP contribution in [0.1, 0.15) is 10.4 Å². The lowest BCUT2D eigenvalue weighted by Crippen LogP contribution is -2.48. The van der Waals surface area contributed by atoms with Crippen molar-refractivity contribution in [2.45, 2.75) is 6.10 Å². The van der Waals surface area contributed by atoms with Gasteiger partial charge in [0.15, 0.2) is 0 Å². The summed E-state index contributed by atoms with van der Waals surface area (Å²) in [6, 6.07) is 8.60. The minimum absolute atomic E-state index is 0.0215. The third-order valence-corrected chi connectivity index (χ3v) is 3.51. The molecule has 2 aromatic rings. The molecule has 0 aliphatic carbocycles. The number of rotatable bonds is 5. The molecule has 2 heterocycles. The quantitative estimate of drug-likeness (QED) is 0.851.